The molecule has 1 aromatic carbocycles. The van der Waals surface area contributed by atoms with E-state index in [0.29, 0.717) is 18.5 Å². The molecule has 1 fully saturated rings. The second-order valence-corrected chi connectivity index (χ2v) is 6.60. The van der Waals surface area contributed by atoms with Crippen LogP contribution in [0.1, 0.15) is 51.2 Å². The molecule has 0 bridgehead atoms. The van der Waals surface area contributed by atoms with Crippen LogP contribution < -0.4 is 5.73 Å². The number of hydrogen-bond donors (Lipinski definition) is 1. The number of carbonyl (C=O) groups excluding carboxylic acids is 1. The van der Waals surface area contributed by atoms with E-state index < -0.39 is 0 Å². The molecule has 1 amide bonds. The summed E-state index contributed by atoms with van der Waals surface area (Å²) in [5.41, 5.74) is 8.62. The van der Waals surface area contributed by atoms with Crippen LogP contribution >= 0.6 is 0 Å². The molecular weight excluding hydrogens is 260 g/mol. The average Bonchev–Trinajstić information content (AvgIpc) is 3.28. The molecule has 1 atom stereocenters. The topological polar surface area (TPSA) is 46.3 Å². The number of hydrogen-bond acceptors (Lipinski definition) is 2. The SMILES string of the molecule is CCc1ccc(CN(C(=O)C(N)CC(C)C)C2CC2)cc1. The number of benzene rings is 1. The minimum absolute atomic E-state index is 0.116. The van der Waals surface area contributed by atoms with Gasteiger partial charge in [-0.25, -0.2) is 0 Å². The average molecular weight is 288 g/mol. The molecule has 1 unspecified atom stereocenters. The maximum Gasteiger partial charge on any atom is 0.240 e. The summed E-state index contributed by atoms with van der Waals surface area (Å²) in [5, 5.41) is 0. The van der Waals surface area contributed by atoms with Gasteiger partial charge >= 0.3 is 0 Å². The number of nitrogens with zero attached hydrogens (tertiary/aromatic N) is 1. The van der Waals surface area contributed by atoms with Crippen LogP contribution in [0, 0.1) is 5.92 Å². The van der Waals surface area contributed by atoms with Crippen LogP contribution in [-0.2, 0) is 17.8 Å². The number of carbonyl (C=O) groups is 1. The maximum atomic E-state index is 12.6. The fourth-order valence-corrected chi connectivity index (χ4v) is 2.67. The largest absolute Gasteiger partial charge is 0.334 e. The van der Waals surface area contributed by atoms with E-state index in [1.54, 1.807) is 0 Å². The molecule has 3 heteroatoms. The highest BCUT2D eigenvalue weighted by atomic mass is 16.2. The zero-order valence-corrected chi connectivity index (χ0v) is 13.5. The van der Waals surface area contributed by atoms with E-state index in [9.17, 15) is 4.79 Å². The lowest BCUT2D eigenvalue weighted by Crippen LogP contribution is -2.45. The first kappa shape index (κ1) is 16.0. The Balaban J connectivity index is 2.03. The maximum absolute atomic E-state index is 12.6. The van der Waals surface area contributed by atoms with Crippen LogP contribution in [0.25, 0.3) is 0 Å². The Labute approximate surface area is 128 Å². The van der Waals surface area contributed by atoms with Gasteiger partial charge in [-0.05, 0) is 42.7 Å². The Bertz CT molecular complexity index is 463. The van der Waals surface area contributed by atoms with Crippen molar-refractivity contribution in [3.63, 3.8) is 0 Å². The number of nitrogens with two attached hydrogens (primary N) is 1. The molecule has 1 aliphatic rings. The van der Waals surface area contributed by atoms with E-state index in [4.69, 9.17) is 5.73 Å². The lowest BCUT2D eigenvalue weighted by atomic mass is 10.0. The van der Waals surface area contributed by atoms with Gasteiger partial charge in [0.05, 0.1) is 6.04 Å². The fraction of sp³-hybridized carbons (Fsp3) is 0.611. The molecule has 1 aromatic rings. The van der Waals surface area contributed by atoms with Gasteiger partial charge in [0.15, 0.2) is 0 Å². The summed E-state index contributed by atoms with van der Waals surface area (Å²) in [7, 11) is 0. The Morgan fingerprint density at radius 3 is 2.29 bits per heavy atom. The first-order valence-electron chi connectivity index (χ1n) is 8.15. The minimum atomic E-state index is -0.361. The van der Waals surface area contributed by atoms with E-state index in [-0.39, 0.29) is 11.9 Å². The molecular formula is C18H28N2O. The quantitative estimate of drug-likeness (QED) is 0.838. The van der Waals surface area contributed by atoms with Gasteiger partial charge in [0.25, 0.3) is 0 Å². The van der Waals surface area contributed by atoms with Gasteiger partial charge in [0.1, 0.15) is 0 Å². The molecule has 2 rings (SSSR count). The number of rotatable bonds is 7. The zero-order chi connectivity index (χ0) is 15.4. The lowest BCUT2D eigenvalue weighted by Gasteiger charge is -2.26. The molecule has 0 spiro atoms. The van der Waals surface area contributed by atoms with E-state index in [0.717, 1.165) is 25.7 Å². The predicted molar refractivity (Wildman–Crippen MR) is 86.8 cm³/mol. The number of amides is 1. The number of aryl methyl sites for hydroxylation is 1. The predicted octanol–water partition coefficient (Wildman–Crippen LogP) is 3.11. The second-order valence-electron chi connectivity index (χ2n) is 6.60. The molecule has 21 heavy (non-hydrogen) atoms. The minimum Gasteiger partial charge on any atom is -0.334 e. The first-order valence-corrected chi connectivity index (χ1v) is 8.15. The van der Waals surface area contributed by atoms with Gasteiger partial charge in [0.2, 0.25) is 5.91 Å². The molecule has 2 N–H and O–H groups in total. The summed E-state index contributed by atoms with van der Waals surface area (Å²) in [6.07, 6.45) is 4.04. The van der Waals surface area contributed by atoms with E-state index in [2.05, 4.69) is 45.0 Å². The zero-order valence-electron chi connectivity index (χ0n) is 13.5. The molecule has 0 saturated heterocycles. The van der Waals surface area contributed by atoms with Crippen LogP contribution in [0.3, 0.4) is 0 Å². The second kappa shape index (κ2) is 7.08. The molecule has 0 heterocycles. The summed E-state index contributed by atoms with van der Waals surface area (Å²) in [6, 6.07) is 8.62. The van der Waals surface area contributed by atoms with Crippen LogP contribution in [0.15, 0.2) is 24.3 Å². The van der Waals surface area contributed by atoms with Crippen molar-refractivity contribution >= 4 is 5.91 Å². The highest BCUT2D eigenvalue weighted by Crippen LogP contribution is 2.29. The molecule has 1 saturated carbocycles. The van der Waals surface area contributed by atoms with Crippen LogP contribution in [0.5, 0.6) is 0 Å². The van der Waals surface area contributed by atoms with Crippen molar-refractivity contribution in [2.24, 2.45) is 11.7 Å². The Morgan fingerprint density at radius 1 is 1.24 bits per heavy atom. The van der Waals surface area contributed by atoms with Crippen LogP contribution in [0.2, 0.25) is 0 Å². The van der Waals surface area contributed by atoms with Gasteiger partial charge in [-0.1, -0.05) is 45.0 Å². The van der Waals surface area contributed by atoms with Gasteiger partial charge < -0.3 is 10.6 Å². The Kier molecular flexibility index (Phi) is 5.40. The van der Waals surface area contributed by atoms with Crippen molar-refractivity contribution in [1.29, 1.82) is 0 Å². The van der Waals surface area contributed by atoms with Gasteiger partial charge in [-0.15, -0.1) is 0 Å². The Hall–Kier alpha value is -1.35. The van der Waals surface area contributed by atoms with E-state index in [1.165, 1.54) is 11.1 Å². The molecule has 116 valence electrons. The highest BCUT2D eigenvalue weighted by molar-refractivity contribution is 5.82. The van der Waals surface area contributed by atoms with Crippen LogP contribution in [0.4, 0.5) is 0 Å². The molecule has 1 aliphatic carbocycles. The smallest absolute Gasteiger partial charge is 0.240 e. The van der Waals surface area contributed by atoms with Crippen molar-refractivity contribution in [3.05, 3.63) is 35.4 Å². The van der Waals surface area contributed by atoms with Gasteiger partial charge in [-0.3, -0.25) is 4.79 Å². The first-order chi connectivity index (χ1) is 10.0. The van der Waals surface area contributed by atoms with Crippen molar-refractivity contribution in [2.75, 3.05) is 0 Å². The van der Waals surface area contributed by atoms with E-state index >= 15 is 0 Å². The van der Waals surface area contributed by atoms with E-state index in [1.807, 2.05) is 4.90 Å². The molecule has 0 aromatic heterocycles. The highest BCUT2D eigenvalue weighted by Gasteiger charge is 2.34. The summed E-state index contributed by atoms with van der Waals surface area (Å²) >= 11 is 0. The summed E-state index contributed by atoms with van der Waals surface area (Å²) in [5.74, 6) is 0.569. The van der Waals surface area contributed by atoms with Crippen molar-refractivity contribution in [2.45, 2.75) is 65.1 Å². The fourth-order valence-electron chi connectivity index (χ4n) is 2.67. The molecule has 0 aliphatic heterocycles. The lowest BCUT2D eigenvalue weighted by molar-refractivity contribution is -0.134. The standard InChI is InChI=1S/C18H28N2O/c1-4-14-5-7-15(8-6-14)12-20(16-9-10-16)18(21)17(19)11-13(2)3/h5-8,13,16-17H,4,9-12,19H2,1-3H3. The van der Waals surface area contributed by atoms with Gasteiger partial charge in [-0.2, -0.15) is 0 Å². The molecule has 3 nitrogen and oxygen atoms in total. The normalized spacial score (nSPS) is 16.0. The van der Waals surface area contributed by atoms with Gasteiger partial charge in [0, 0.05) is 12.6 Å². The summed E-state index contributed by atoms with van der Waals surface area (Å²) in [4.78, 5) is 14.6. The Morgan fingerprint density at radius 2 is 1.81 bits per heavy atom. The monoisotopic (exact) mass is 288 g/mol. The summed E-state index contributed by atoms with van der Waals surface area (Å²) in [6.45, 7) is 7.06. The third-order valence-electron chi connectivity index (χ3n) is 4.10. The van der Waals surface area contributed by atoms with Crippen molar-refractivity contribution < 1.29 is 4.79 Å². The van der Waals surface area contributed by atoms with Crippen molar-refractivity contribution in [3.8, 4) is 0 Å². The molecule has 0 radical (unpaired) electrons. The third-order valence-corrected chi connectivity index (χ3v) is 4.10. The van der Waals surface area contributed by atoms with Crippen LogP contribution in [-0.4, -0.2) is 22.9 Å². The summed E-state index contributed by atoms with van der Waals surface area (Å²) < 4.78 is 0. The third kappa shape index (κ3) is 4.57. The van der Waals surface area contributed by atoms with Crippen molar-refractivity contribution in [1.82, 2.24) is 4.90 Å².